The molecular formula is C11H20N2O4. The average Bonchev–Trinajstić information content (AvgIpc) is 2.44. The van der Waals surface area contributed by atoms with E-state index < -0.39 is 23.6 Å². The first-order valence-corrected chi connectivity index (χ1v) is 5.68. The first kappa shape index (κ1) is 13.8. The second-order valence-electron chi connectivity index (χ2n) is 5.39. The summed E-state index contributed by atoms with van der Waals surface area (Å²) in [5.74, 6) is -1.26. The highest BCUT2D eigenvalue weighted by molar-refractivity contribution is 5.71. The molecule has 0 aromatic rings. The minimum absolute atomic E-state index is 0.00335. The highest BCUT2D eigenvalue weighted by atomic mass is 16.6. The number of amides is 1. The largest absolute Gasteiger partial charge is 0.481 e. The third kappa shape index (κ3) is 4.22. The summed E-state index contributed by atoms with van der Waals surface area (Å²) in [4.78, 5) is 22.4. The van der Waals surface area contributed by atoms with Crippen LogP contribution in [0, 0.1) is 5.92 Å². The fourth-order valence-electron chi connectivity index (χ4n) is 1.78. The first-order valence-electron chi connectivity index (χ1n) is 5.68. The van der Waals surface area contributed by atoms with Crippen LogP contribution in [0.15, 0.2) is 0 Å². The molecule has 0 aliphatic carbocycles. The number of nitrogens with one attached hydrogen (secondary N) is 1. The number of hydrogen-bond acceptors (Lipinski definition) is 4. The van der Waals surface area contributed by atoms with Crippen molar-refractivity contribution in [3.8, 4) is 0 Å². The van der Waals surface area contributed by atoms with Gasteiger partial charge in [0.15, 0.2) is 0 Å². The van der Waals surface area contributed by atoms with Crippen LogP contribution in [0.3, 0.4) is 0 Å². The second-order valence-corrected chi connectivity index (χ2v) is 5.39. The summed E-state index contributed by atoms with van der Waals surface area (Å²) in [6.45, 7) is 7.52. The molecule has 0 saturated carbocycles. The van der Waals surface area contributed by atoms with Crippen LogP contribution in [0.25, 0.3) is 0 Å². The number of carboxylic acid groups (broad SMARTS) is 1. The predicted octanol–water partition coefficient (Wildman–Crippen LogP) is 1.22. The molecule has 6 nitrogen and oxygen atoms in total. The van der Waals surface area contributed by atoms with E-state index in [0.29, 0.717) is 13.0 Å². The highest BCUT2D eigenvalue weighted by Crippen LogP contribution is 2.21. The number of carbonyl (C=O) groups excluding carboxylic acids is 1. The molecule has 6 heteroatoms. The van der Waals surface area contributed by atoms with E-state index in [9.17, 15) is 9.59 Å². The fourth-order valence-corrected chi connectivity index (χ4v) is 1.78. The lowest BCUT2D eigenvalue weighted by Crippen LogP contribution is -2.46. The van der Waals surface area contributed by atoms with Gasteiger partial charge in [-0.05, 0) is 34.1 Å². The van der Waals surface area contributed by atoms with Crippen molar-refractivity contribution in [3.05, 3.63) is 0 Å². The highest BCUT2D eigenvalue weighted by Gasteiger charge is 2.35. The molecule has 0 spiro atoms. The number of carbonyl (C=O) groups is 2. The van der Waals surface area contributed by atoms with Crippen LogP contribution in [0.4, 0.5) is 4.79 Å². The summed E-state index contributed by atoms with van der Waals surface area (Å²) < 4.78 is 5.10. The van der Waals surface area contributed by atoms with Gasteiger partial charge < -0.3 is 9.84 Å². The smallest absolute Gasteiger partial charge is 0.422 e. The van der Waals surface area contributed by atoms with E-state index >= 15 is 0 Å². The van der Waals surface area contributed by atoms with Gasteiger partial charge in [0.05, 0.1) is 5.92 Å². The standard InChI is InChI=1S/C11H20N2O4/c1-7-5-8(9(14)15)6-13(7)12-10(16)17-11(2,3)4/h7-8H,5-6H2,1-4H3,(H,12,16)(H,14,15)/t7-,8-/m0/s1. The molecule has 17 heavy (non-hydrogen) atoms. The van der Waals surface area contributed by atoms with E-state index in [2.05, 4.69) is 5.43 Å². The number of aliphatic carboxylic acids is 1. The van der Waals surface area contributed by atoms with Crippen molar-refractivity contribution in [2.24, 2.45) is 5.92 Å². The second kappa shape index (κ2) is 4.91. The monoisotopic (exact) mass is 244 g/mol. The Hall–Kier alpha value is -1.30. The van der Waals surface area contributed by atoms with Crippen LogP contribution in [0.5, 0.6) is 0 Å². The average molecular weight is 244 g/mol. The Morgan fingerprint density at radius 2 is 2.00 bits per heavy atom. The maximum atomic E-state index is 11.5. The maximum absolute atomic E-state index is 11.5. The van der Waals surface area contributed by atoms with Crippen molar-refractivity contribution in [1.82, 2.24) is 10.4 Å². The van der Waals surface area contributed by atoms with E-state index in [1.165, 1.54) is 0 Å². The van der Waals surface area contributed by atoms with Gasteiger partial charge in [0.2, 0.25) is 0 Å². The molecule has 1 aliphatic rings. The van der Waals surface area contributed by atoms with Crippen LogP contribution in [-0.4, -0.2) is 40.4 Å². The zero-order valence-corrected chi connectivity index (χ0v) is 10.7. The SMILES string of the molecule is C[C@H]1C[C@H](C(=O)O)CN1NC(=O)OC(C)(C)C. The molecule has 0 aromatic carbocycles. The number of hydrazine groups is 1. The molecule has 1 fully saturated rings. The number of nitrogens with zero attached hydrogens (tertiary/aromatic N) is 1. The lowest BCUT2D eigenvalue weighted by atomic mass is 10.1. The summed E-state index contributed by atoms with van der Waals surface area (Å²) in [6.07, 6.45) is -0.0131. The number of carboxylic acids is 1. The zero-order valence-electron chi connectivity index (χ0n) is 10.7. The Bertz CT molecular complexity index is 311. The van der Waals surface area contributed by atoms with Crippen molar-refractivity contribution < 1.29 is 19.4 Å². The number of ether oxygens (including phenoxy) is 1. The minimum atomic E-state index is -0.828. The van der Waals surface area contributed by atoms with Gasteiger partial charge in [0.25, 0.3) is 0 Å². The molecule has 1 rings (SSSR count). The Morgan fingerprint density at radius 1 is 1.41 bits per heavy atom. The van der Waals surface area contributed by atoms with Gasteiger partial charge in [0, 0.05) is 12.6 Å². The van der Waals surface area contributed by atoms with Crippen LogP contribution in [0.2, 0.25) is 0 Å². The number of hydrogen-bond donors (Lipinski definition) is 2. The van der Waals surface area contributed by atoms with Gasteiger partial charge >= 0.3 is 12.1 Å². The summed E-state index contributed by atoms with van der Waals surface area (Å²) in [5.41, 5.74) is 2.02. The Balaban J connectivity index is 2.47. The van der Waals surface area contributed by atoms with Gasteiger partial charge in [-0.1, -0.05) is 0 Å². The Morgan fingerprint density at radius 3 is 2.41 bits per heavy atom. The molecule has 1 aliphatic heterocycles. The summed E-state index contributed by atoms with van der Waals surface area (Å²) >= 11 is 0. The minimum Gasteiger partial charge on any atom is -0.481 e. The molecule has 1 amide bonds. The van der Waals surface area contributed by atoms with Crippen LogP contribution >= 0.6 is 0 Å². The molecule has 0 aromatic heterocycles. The van der Waals surface area contributed by atoms with Crippen LogP contribution in [-0.2, 0) is 9.53 Å². The van der Waals surface area contributed by atoms with Crippen molar-refractivity contribution in [2.75, 3.05) is 6.54 Å². The Labute approximate surface area is 101 Å². The summed E-state index contributed by atoms with van der Waals surface area (Å²) in [7, 11) is 0. The third-order valence-electron chi connectivity index (χ3n) is 2.56. The molecular weight excluding hydrogens is 224 g/mol. The molecule has 1 heterocycles. The van der Waals surface area contributed by atoms with Gasteiger partial charge in [-0.2, -0.15) is 0 Å². The van der Waals surface area contributed by atoms with E-state index in [1.54, 1.807) is 25.8 Å². The quantitative estimate of drug-likeness (QED) is 0.763. The van der Waals surface area contributed by atoms with E-state index in [4.69, 9.17) is 9.84 Å². The van der Waals surface area contributed by atoms with Crippen molar-refractivity contribution >= 4 is 12.1 Å². The van der Waals surface area contributed by atoms with Crippen molar-refractivity contribution in [2.45, 2.75) is 45.8 Å². The van der Waals surface area contributed by atoms with Gasteiger partial charge in [-0.15, -0.1) is 0 Å². The predicted molar refractivity (Wildman–Crippen MR) is 61.3 cm³/mol. The summed E-state index contributed by atoms with van der Waals surface area (Å²) in [5, 5.41) is 10.5. The van der Waals surface area contributed by atoms with Gasteiger partial charge in [0.1, 0.15) is 5.60 Å². The first-order chi connectivity index (χ1) is 7.69. The molecule has 0 unspecified atom stereocenters. The molecule has 1 saturated heterocycles. The molecule has 0 radical (unpaired) electrons. The zero-order chi connectivity index (χ0) is 13.2. The third-order valence-corrected chi connectivity index (χ3v) is 2.56. The number of rotatable bonds is 2. The maximum Gasteiger partial charge on any atom is 0.422 e. The lowest BCUT2D eigenvalue weighted by molar-refractivity contribution is -0.141. The Kier molecular flexibility index (Phi) is 3.98. The fraction of sp³-hybridized carbons (Fsp3) is 0.818. The molecule has 2 N–H and O–H groups in total. The molecule has 0 bridgehead atoms. The topological polar surface area (TPSA) is 78.9 Å². The molecule has 98 valence electrons. The van der Waals surface area contributed by atoms with E-state index in [-0.39, 0.29) is 6.04 Å². The van der Waals surface area contributed by atoms with E-state index in [0.717, 1.165) is 0 Å². The summed E-state index contributed by atoms with van der Waals surface area (Å²) in [6, 6.07) is 0.00335. The lowest BCUT2D eigenvalue weighted by Gasteiger charge is -2.25. The molecule has 2 atom stereocenters. The normalized spacial score (nSPS) is 25.6. The van der Waals surface area contributed by atoms with Gasteiger partial charge in [-0.3, -0.25) is 10.2 Å². The van der Waals surface area contributed by atoms with Gasteiger partial charge in [-0.25, -0.2) is 9.80 Å². The van der Waals surface area contributed by atoms with Crippen molar-refractivity contribution in [3.63, 3.8) is 0 Å². The van der Waals surface area contributed by atoms with E-state index in [1.807, 2.05) is 6.92 Å². The van der Waals surface area contributed by atoms with Crippen LogP contribution in [0.1, 0.15) is 34.1 Å². The van der Waals surface area contributed by atoms with Crippen LogP contribution < -0.4 is 5.43 Å². The van der Waals surface area contributed by atoms with Crippen molar-refractivity contribution in [1.29, 1.82) is 0 Å².